The van der Waals surface area contributed by atoms with Gasteiger partial charge in [-0.2, -0.15) is 0 Å². The zero-order chi connectivity index (χ0) is 33.8. The summed E-state index contributed by atoms with van der Waals surface area (Å²) in [6, 6.07) is 15.1. The molecule has 9 nitrogen and oxygen atoms in total. The molecule has 5 rings (SSSR count). The number of carbonyl (C=O) groups excluding carboxylic acids is 3. The number of benzene rings is 2. The third kappa shape index (κ3) is 6.11. The molecule has 9 heteroatoms. The summed E-state index contributed by atoms with van der Waals surface area (Å²) in [5.41, 5.74) is 0.172. The number of aliphatic hydroxyl groups is 1. The van der Waals surface area contributed by atoms with E-state index in [-0.39, 0.29) is 25.0 Å². The molecule has 2 unspecified atom stereocenters. The molecule has 0 aliphatic carbocycles. The standard InChI is InChI=1S/C38H49N3O6/c1-6-10-11-15-25-46-36(45)32-31-34(43)41(30(26-42)27-16-13-12-14-17-27)33(38(31)23-22-37(32,5)47-38)35(44)40(24-7-2)29-20-18-28(19-21-29)39(8-3)9-4/h6-7,12-14,16-21,30-33,42H,1-2,8-11,15,22-26H2,3-5H3/t30-,31+,32+,33?,37-,38?/m1/s1. The van der Waals surface area contributed by atoms with E-state index in [0.717, 1.165) is 31.6 Å². The lowest BCUT2D eigenvalue weighted by molar-refractivity contribution is -0.160. The Kier molecular flexibility index (Phi) is 10.6. The lowest BCUT2D eigenvalue weighted by Gasteiger charge is -2.39. The molecule has 3 aliphatic heterocycles. The molecule has 3 aliphatic rings. The fraction of sp³-hybridized carbons (Fsp3) is 0.500. The third-order valence-corrected chi connectivity index (χ3v) is 10.3. The number of nitrogens with zero attached hydrogens (tertiary/aromatic N) is 3. The number of carbonyl (C=O) groups is 3. The number of aliphatic hydroxyl groups excluding tert-OH is 1. The summed E-state index contributed by atoms with van der Waals surface area (Å²) in [5.74, 6) is -2.99. The summed E-state index contributed by atoms with van der Waals surface area (Å²) >= 11 is 0. The largest absolute Gasteiger partial charge is 0.465 e. The molecule has 1 spiro atoms. The number of ether oxygens (including phenoxy) is 2. The molecule has 2 amide bonds. The van der Waals surface area contributed by atoms with Crippen molar-refractivity contribution in [3.8, 4) is 0 Å². The van der Waals surface area contributed by atoms with Crippen LogP contribution in [0.25, 0.3) is 0 Å². The van der Waals surface area contributed by atoms with E-state index in [2.05, 4.69) is 31.9 Å². The lowest BCUT2D eigenvalue weighted by Crippen LogP contribution is -2.57. The second-order valence-corrected chi connectivity index (χ2v) is 13.0. The minimum Gasteiger partial charge on any atom is -0.465 e. The molecule has 47 heavy (non-hydrogen) atoms. The maximum Gasteiger partial charge on any atom is 0.312 e. The highest BCUT2D eigenvalue weighted by molar-refractivity contribution is 6.05. The van der Waals surface area contributed by atoms with Crippen molar-refractivity contribution in [1.82, 2.24) is 4.90 Å². The minimum absolute atomic E-state index is 0.200. The predicted octanol–water partition coefficient (Wildman–Crippen LogP) is 5.45. The van der Waals surface area contributed by atoms with Gasteiger partial charge < -0.3 is 29.3 Å². The van der Waals surface area contributed by atoms with Crippen molar-refractivity contribution < 1.29 is 29.0 Å². The monoisotopic (exact) mass is 643 g/mol. The Morgan fingerprint density at radius 2 is 1.72 bits per heavy atom. The Hall–Kier alpha value is -3.95. The summed E-state index contributed by atoms with van der Waals surface area (Å²) in [6.45, 7) is 15.5. The van der Waals surface area contributed by atoms with Gasteiger partial charge in [-0.3, -0.25) is 14.4 Å². The number of allylic oxidation sites excluding steroid dienone is 1. The Balaban J connectivity index is 1.56. The molecule has 0 radical (unpaired) electrons. The molecular weight excluding hydrogens is 594 g/mol. The zero-order valence-corrected chi connectivity index (χ0v) is 28.0. The number of amides is 2. The normalized spacial score (nSPS) is 26.5. The van der Waals surface area contributed by atoms with Crippen LogP contribution in [-0.2, 0) is 23.9 Å². The van der Waals surface area contributed by atoms with E-state index in [9.17, 15) is 14.7 Å². The Morgan fingerprint density at radius 3 is 2.34 bits per heavy atom. The predicted molar refractivity (Wildman–Crippen MR) is 183 cm³/mol. The number of rotatable bonds is 16. The van der Waals surface area contributed by atoms with Crippen molar-refractivity contribution >= 4 is 29.2 Å². The lowest BCUT2D eigenvalue weighted by atomic mass is 9.66. The third-order valence-electron chi connectivity index (χ3n) is 10.3. The second kappa shape index (κ2) is 14.4. The highest BCUT2D eigenvalue weighted by atomic mass is 16.6. The van der Waals surface area contributed by atoms with Gasteiger partial charge in [0.05, 0.1) is 30.8 Å². The maximum absolute atomic E-state index is 15.0. The number of unbranched alkanes of at least 4 members (excludes halogenated alkanes) is 2. The summed E-state index contributed by atoms with van der Waals surface area (Å²) in [4.78, 5) is 48.9. The van der Waals surface area contributed by atoms with E-state index in [0.29, 0.717) is 30.5 Å². The van der Waals surface area contributed by atoms with Gasteiger partial charge in [0.2, 0.25) is 5.91 Å². The van der Waals surface area contributed by atoms with Crippen LogP contribution in [-0.4, -0.2) is 77.9 Å². The average Bonchev–Trinajstić information content (AvgIpc) is 3.65. The van der Waals surface area contributed by atoms with Crippen LogP contribution in [0.2, 0.25) is 0 Å². The van der Waals surface area contributed by atoms with Crippen molar-refractivity contribution in [2.45, 2.75) is 76.2 Å². The van der Waals surface area contributed by atoms with Gasteiger partial charge in [0.25, 0.3) is 5.91 Å². The number of anilines is 2. The van der Waals surface area contributed by atoms with Crippen LogP contribution in [0, 0.1) is 11.8 Å². The first-order chi connectivity index (χ1) is 22.7. The summed E-state index contributed by atoms with van der Waals surface area (Å²) < 4.78 is 12.6. The smallest absolute Gasteiger partial charge is 0.312 e. The Labute approximate surface area is 278 Å². The average molecular weight is 644 g/mol. The quantitative estimate of drug-likeness (QED) is 0.148. The van der Waals surface area contributed by atoms with E-state index in [1.165, 1.54) is 4.90 Å². The molecule has 3 fully saturated rings. The van der Waals surface area contributed by atoms with Crippen LogP contribution < -0.4 is 9.80 Å². The van der Waals surface area contributed by atoms with Crippen molar-refractivity contribution in [1.29, 1.82) is 0 Å². The van der Waals surface area contributed by atoms with E-state index < -0.39 is 47.7 Å². The van der Waals surface area contributed by atoms with Gasteiger partial charge in [0, 0.05) is 31.0 Å². The van der Waals surface area contributed by atoms with Crippen molar-refractivity contribution in [2.75, 3.05) is 42.6 Å². The fourth-order valence-electron chi connectivity index (χ4n) is 8.05. The molecule has 1 N–H and O–H groups in total. The maximum atomic E-state index is 15.0. The van der Waals surface area contributed by atoms with Crippen LogP contribution in [0.3, 0.4) is 0 Å². The first kappa shape index (κ1) is 34.4. The molecule has 3 heterocycles. The van der Waals surface area contributed by atoms with E-state index >= 15 is 4.79 Å². The Bertz CT molecular complexity index is 1440. The highest BCUT2D eigenvalue weighted by Gasteiger charge is 2.79. The summed E-state index contributed by atoms with van der Waals surface area (Å²) in [5, 5.41) is 10.8. The zero-order valence-electron chi connectivity index (χ0n) is 28.0. The SMILES string of the molecule is C=CCCCCOC(=O)[C@@H]1[C@H]2C(=O)N([C@H](CO)c3ccccc3)C(C(=O)N(CC=C)c3ccc(N(CC)CC)cc3)C23CC[C@@]1(C)O3. The number of hydrogen-bond donors (Lipinski definition) is 1. The van der Waals surface area contributed by atoms with Gasteiger partial charge in [-0.15, -0.1) is 13.2 Å². The van der Waals surface area contributed by atoms with Crippen molar-refractivity contribution in [3.63, 3.8) is 0 Å². The molecular formula is C38H49N3O6. The molecule has 2 aromatic rings. The summed E-state index contributed by atoms with van der Waals surface area (Å²) in [6.07, 6.45) is 6.77. The Morgan fingerprint density at radius 1 is 1.04 bits per heavy atom. The van der Waals surface area contributed by atoms with Crippen molar-refractivity contribution in [2.24, 2.45) is 11.8 Å². The highest BCUT2D eigenvalue weighted by Crippen LogP contribution is 2.64. The summed E-state index contributed by atoms with van der Waals surface area (Å²) in [7, 11) is 0. The van der Waals surface area contributed by atoms with Gasteiger partial charge in [0.1, 0.15) is 17.6 Å². The van der Waals surface area contributed by atoms with Gasteiger partial charge >= 0.3 is 5.97 Å². The van der Waals surface area contributed by atoms with E-state index in [1.54, 1.807) is 11.0 Å². The molecule has 252 valence electrons. The van der Waals surface area contributed by atoms with Crippen LogP contribution in [0.4, 0.5) is 11.4 Å². The molecule has 2 bridgehead atoms. The van der Waals surface area contributed by atoms with Crippen LogP contribution in [0.1, 0.15) is 64.5 Å². The number of fused-ring (bicyclic) bond motifs is 1. The van der Waals surface area contributed by atoms with Crippen molar-refractivity contribution in [3.05, 3.63) is 85.5 Å². The molecule has 3 saturated heterocycles. The number of likely N-dealkylation sites (tertiary alicyclic amines) is 1. The van der Waals surface area contributed by atoms with Crippen LogP contribution in [0.5, 0.6) is 0 Å². The first-order valence-corrected chi connectivity index (χ1v) is 16.9. The molecule has 0 aromatic heterocycles. The van der Waals surface area contributed by atoms with E-state index in [1.807, 2.05) is 67.6 Å². The number of hydrogen-bond acceptors (Lipinski definition) is 7. The van der Waals surface area contributed by atoms with Gasteiger partial charge in [-0.25, -0.2) is 0 Å². The second-order valence-electron chi connectivity index (χ2n) is 13.0. The van der Waals surface area contributed by atoms with Gasteiger partial charge in [0.15, 0.2) is 0 Å². The van der Waals surface area contributed by atoms with Gasteiger partial charge in [-0.05, 0) is 82.7 Å². The molecule has 0 saturated carbocycles. The number of esters is 1. The minimum atomic E-state index is -1.27. The fourth-order valence-corrected chi connectivity index (χ4v) is 8.05. The van der Waals surface area contributed by atoms with Crippen LogP contribution in [0.15, 0.2) is 79.9 Å². The molecule has 6 atom stereocenters. The van der Waals surface area contributed by atoms with Crippen LogP contribution >= 0.6 is 0 Å². The topological polar surface area (TPSA) is 99.6 Å². The van der Waals surface area contributed by atoms with Gasteiger partial charge in [-0.1, -0.05) is 42.5 Å². The first-order valence-electron chi connectivity index (χ1n) is 16.9. The van der Waals surface area contributed by atoms with E-state index in [4.69, 9.17) is 9.47 Å². The molecule has 2 aromatic carbocycles.